The van der Waals surface area contributed by atoms with E-state index in [0.717, 1.165) is 11.6 Å². The first-order chi connectivity index (χ1) is 32.4. The van der Waals surface area contributed by atoms with Gasteiger partial charge in [-0.15, -0.1) is 0 Å². The fraction of sp³-hybridized carbons (Fsp3) is 0.588. The lowest BCUT2D eigenvalue weighted by Gasteiger charge is -2.37. The second kappa shape index (κ2) is 19.7. The Kier molecular flexibility index (Phi) is 14.7. The number of aliphatic hydroxyl groups excluding tert-OH is 1. The van der Waals surface area contributed by atoms with Crippen LogP contribution >= 0.6 is 0 Å². The van der Waals surface area contributed by atoms with Crippen LogP contribution < -0.4 is 38.1 Å². The maximum atomic E-state index is 14.9. The number of carbonyl (C=O) groups is 3. The zero-order chi connectivity index (χ0) is 50.5. The Hall–Kier alpha value is -5.53. The smallest absolute Gasteiger partial charge is 0.327 e. The zero-order valence-corrected chi connectivity index (χ0v) is 41.7. The Morgan fingerprint density at radius 1 is 1.03 bits per heavy atom. The number of benzene rings is 2. The van der Waals surface area contributed by atoms with Crippen molar-refractivity contribution in [3.05, 3.63) is 69.9 Å². The van der Waals surface area contributed by atoms with Crippen LogP contribution in [0.2, 0.25) is 0 Å². The standard InChI is InChI=1S/C51H72N8O10/c1-26(2)23-58-19-17-51(18-20-58)56-39-36-37-43(62)32(8)46-38(36)47(64)49(9,69-46)67-21-14-33(66-10)30(6)45(68-35(60)25-59(54)24-34(52)50(53)15-16-50)31(7)42(61)29(5)22-27(3)12-11-13-28(4)48(65)55-41(44(37)63)40(39)57-51/h11-14,21,24,26-27,29-31,33,42,45,61-63H,15-20,22-23,25,52-54H2,1-10H3,(H,55,65)/b12-11+,21-14+,28-13-,34-24-/t27-,29+,30+,31+,33-,42?,45?,49-/m0/s1. The first-order valence-electron chi connectivity index (χ1n) is 24.1. The Morgan fingerprint density at radius 2 is 1.70 bits per heavy atom. The Morgan fingerprint density at radius 3 is 2.33 bits per heavy atom. The van der Waals surface area contributed by atoms with Gasteiger partial charge in [-0.25, -0.2) is 5.84 Å². The minimum atomic E-state index is -1.98. The van der Waals surface area contributed by atoms with Gasteiger partial charge in [-0.05, 0) is 56.9 Å². The summed E-state index contributed by atoms with van der Waals surface area (Å²) in [5.41, 5.74) is 11.6. The number of allylic oxidation sites excluding steroid dienone is 3. The molecule has 18 nitrogen and oxygen atoms in total. The van der Waals surface area contributed by atoms with Crippen LogP contribution in [-0.2, 0) is 23.8 Å². The number of likely N-dealkylation sites (tertiary alicyclic amines) is 1. The first-order valence-corrected chi connectivity index (χ1v) is 24.1. The number of nitrogens with zero attached hydrogens (tertiary/aromatic N) is 4. The lowest BCUT2D eigenvalue weighted by Crippen LogP contribution is -2.46. The number of ketones is 1. The molecule has 18 heteroatoms. The molecule has 2 aromatic rings. The number of phenolic OH excluding ortho intramolecular Hbond substituents is 2. The van der Waals surface area contributed by atoms with Gasteiger partial charge >= 0.3 is 11.8 Å². The summed E-state index contributed by atoms with van der Waals surface area (Å²) in [6, 6.07) is 0. The molecule has 1 saturated heterocycles. The number of anilines is 1. The third-order valence-electron chi connectivity index (χ3n) is 14.6. The van der Waals surface area contributed by atoms with Crippen LogP contribution in [0.25, 0.3) is 10.8 Å². The number of hydrazine groups is 1. The third-order valence-corrected chi connectivity index (χ3v) is 14.6. The fourth-order valence-corrected chi connectivity index (χ4v) is 10.2. The van der Waals surface area contributed by atoms with Gasteiger partial charge in [0.15, 0.2) is 11.4 Å². The first kappa shape index (κ1) is 51.3. The molecule has 5 aliphatic heterocycles. The summed E-state index contributed by atoms with van der Waals surface area (Å²) in [5.74, 6) is 0.456. The molecule has 1 spiro atoms. The number of rotatable bonds is 8. The van der Waals surface area contributed by atoms with Crippen LogP contribution in [0.15, 0.2) is 58.0 Å². The predicted molar refractivity (Wildman–Crippen MR) is 260 cm³/mol. The number of fused-ring (bicyclic) bond motifs is 13. The Balaban J connectivity index is 1.31. The van der Waals surface area contributed by atoms with E-state index in [2.05, 4.69) is 24.1 Å². The van der Waals surface area contributed by atoms with Crippen LogP contribution in [0.5, 0.6) is 17.2 Å². The molecule has 2 fully saturated rings. The number of aromatic hydroxyl groups is 2. The van der Waals surface area contributed by atoms with Gasteiger partial charge < -0.3 is 61.0 Å². The summed E-state index contributed by atoms with van der Waals surface area (Å²) in [6.45, 7) is 18.5. The van der Waals surface area contributed by atoms with E-state index in [1.807, 2.05) is 26.8 Å². The molecule has 0 aromatic heterocycles. The molecule has 8 rings (SSSR count). The normalized spacial score (nSPS) is 31.0. The van der Waals surface area contributed by atoms with Gasteiger partial charge in [0, 0.05) is 86.8 Å². The number of amides is 1. The molecule has 5 bridgehead atoms. The molecule has 5 heterocycles. The second-order valence-electron chi connectivity index (χ2n) is 20.7. The quantitative estimate of drug-likeness (QED) is 0.0845. The van der Waals surface area contributed by atoms with Crippen molar-refractivity contribution in [2.45, 2.75) is 130 Å². The SMILES string of the molecule is CO[C@H]1/C=C/O[C@@]2(C)Oc3c(C)c(O)c4c(O)c(c5c(c4c3C2=O)=NC2(CCN(CC(C)C)CC2)N=5)NC(=O)/C(C)=C\C=C\[C@H](C)C[C@@H](C)C(O)[C@@H](C)C(OC(=O)CN(N)/C=C(\N)C2(N)CC2)[C@@H]1C. The molecule has 2 aromatic carbocycles. The van der Waals surface area contributed by atoms with Crippen LogP contribution in [0.4, 0.5) is 5.69 Å². The van der Waals surface area contributed by atoms with Gasteiger partial charge in [0.2, 0.25) is 0 Å². The van der Waals surface area contributed by atoms with Crippen LogP contribution in [0, 0.1) is 36.5 Å². The number of nitrogens with two attached hydrogens (primary N) is 3. The van der Waals surface area contributed by atoms with Crippen molar-refractivity contribution < 1.29 is 48.7 Å². The fourth-order valence-electron chi connectivity index (χ4n) is 10.2. The number of Topliss-reactive ketones (excluding diaryl/α,β-unsaturated/α-hetero) is 1. The van der Waals surface area contributed by atoms with E-state index >= 15 is 0 Å². The summed E-state index contributed by atoms with van der Waals surface area (Å²) in [5, 5.41) is 40.5. The monoisotopic (exact) mass is 957 g/mol. The lowest BCUT2D eigenvalue weighted by molar-refractivity contribution is -0.162. The molecule has 10 N–H and O–H groups in total. The van der Waals surface area contributed by atoms with Crippen LogP contribution in [0.3, 0.4) is 0 Å². The van der Waals surface area contributed by atoms with E-state index in [1.165, 1.54) is 26.5 Å². The van der Waals surface area contributed by atoms with Crippen molar-refractivity contribution in [2.75, 3.05) is 38.6 Å². The number of methoxy groups -OCH3 is 1. The van der Waals surface area contributed by atoms with Gasteiger partial charge in [0.1, 0.15) is 35.2 Å². The zero-order valence-electron chi connectivity index (χ0n) is 41.7. The largest absolute Gasteiger partial charge is 0.507 e. The van der Waals surface area contributed by atoms with Gasteiger partial charge in [-0.3, -0.25) is 24.4 Å². The van der Waals surface area contributed by atoms with Crippen molar-refractivity contribution in [1.29, 1.82) is 0 Å². The lowest BCUT2D eigenvalue weighted by atomic mass is 9.79. The summed E-state index contributed by atoms with van der Waals surface area (Å²) in [7, 11) is 1.48. The Labute approximate surface area is 403 Å². The predicted octanol–water partition coefficient (Wildman–Crippen LogP) is 4.23. The number of aliphatic hydroxyl groups is 1. The van der Waals surface area contributed by atoms with E-state index in [0.29, 0.717) is 62.4 Å². The van der Waals surface area contributed by atoms with Gasteiger partial charge in [0.05, 0.1) is 40.3 Å². The van der Waals surface area contributed by atoms with E-state index < -0.39 is 70.5 Å². The van der Waals surface area contributed by atoms with Crippen molar-refractivity contribution in [3.63, 3.8) is 0 Å². The highest BCUT2D eigenvalue weighted by atomic mass is 16.7. The molecule has 0 radical (unpaired) electrons. The molecular weight excluding hydrogens is 885 g/mol. The van der Waals surface area contributed by atoms with Gasteiger partial charge in [-0.2, -0.15) is 0 Å². The highest BCUT2D eigenvalue weighted by Gasteiger charge is 2.50. The molecule has 1 saturated carbocycles. The van der Waals surface area contributed by atoms with Crippen molar-refractivity contribution in [2.24, 2.45) is 56.9 Å². The van der Waals surface area contributed by atoms with Crippen molar-refractivity contribution >= 4 is 34.1 Å². The number of esters is 1. The second-order valence-corrected chi connectivity index (χ2v) is 20.7. The summed E-state index contributed by atoms with van der Waals surface area (Å²) >= 11 is 0. The van der Waals surface area contributed by atoms with Crippen molar-refractivity contribution in [1.82, 2.24) is 9.91 Å². The average molecular weight is 957 g/mol. The van der Waals surface area contributed by atoms with Crippen LogP contribution in [0.1, 0.15) is 103 Å². The number of ether oxygens (including phenoxy) is 4. The maximum Gasteiger partial charge on any atom is 0.327 e. The third kappa shape index (κ3) is 10.2. The number of hydrogen-bond acceptors (Lipinski definition) is 17. The number of piperidine rings is 1. The molecule has 1 aliphatic carbocycles. The number of phenols is 2. The molecular formula is C51H72N8O10. The summed E-state index contributed by atoms with van der Waals surface area (Å²) in [6.07, 6.45) is 10.0. The molecule has 69 heavy (non-hydrogen) atoms. The minimum absolute atomic E-state index is 0.0311. The van der Waals surface area contributed by atoms with Gasteiger partial charge in [-0.1, -0.05) is 59.8 Å². The van der Waals surface area contributed by atoms with E-state index in [4.69, 9.17) is 46.2 Å². The van der Waals surface area contributed by atoms with Gasteiger partial charge in [0.25, 0.3) is 11.7 Å². The summed E-state index contributed by atoms with van der Waals surface area (Å²) in [4.78, 5) is 55.2. The number of hydrogen-bond donors (Lipinski definition) is 7. The topological polar surface area (TPSA) is 270 Å². The summed E-state index contributed by atoms with van der Waals surface area (Å²) < 4.78 is 24.6. The minimum Gasteiger partial charge on any atom is -0.507 e. The van der Waals surface area contributed by atoms with E-state index in [1.54, 1.807) is 39.0 Å². The van der Waals surface area contributed by atoms with Crippen LogP contribution in [-0.4, -0.2) is 111 Å². The molecule has 2 unspecified atom stereocenters. The molecule has 6 aliphatic rings. The molecule has 376 valence electrons. The highest BCUT2D eigenvalue weighted by Crippen LogP contribution is 2.50. The van der Waals surface area contributed by atoms with E-state index in [-0.39, 0.29) is 68.2 Å². The average Bonchev–Trinajstić information content (AvgIpc) is 3.86. The molecule has 8 atom stereocenters. The number of carbonyl (C=O) groups excluding carboxylic acids is 3. The maximum absolute atomic E-state index is 14.9. The Bertz CT molecular complexity index is 2620. The highest BCUT2D eigenvalue weighted by molar-refractivity contribution is 6.19. The molecule has 1 amide bonds. The number of nitrogens with one attached hydrogen (secondary N) is 1. The van der Waals surface area contributed by atoms with E-state index in [9.17, 15) is 29.7 Å². The van der Waals surface area contributed by atoms with Crippen molar-refractivity contribution in [3.8, 4) is 17.2 Å².